The highest BCUT2D eigenvalue weighted by molar-refractivity contribution is 5.89. The molecule has 0 bridgehead atoms. The van der Waals surface area contributed by atoms with Gasteiger partial charge in [-0.2, -0.15) is 0 Å². The predicted molar refractivity (Wildman–Crippen MR) is 105 cm³/mol. The third-order valence-corrected chi connectivity index (χ3v) is 3.79. The van der Waals surface area contributed by atoms with Crippen molar-refractivity contribution in [2.75, 3.05) is 6.61 Å². The molecule has 0 aliphatic carbocycles. The van der Waals surface area contributed by atoms with Gasteiger partial charge in [0.25, 0.3) is 0 Å². The highest BCUT2D eigenvalue weighted by Gasteiger charge is 2.04. The molecule has 0 N–H and O–H groups in total. The molecule has 1 aromatic carbocycles. The van der Waals surface area contributed by atoms with E-state index in [1.807, 2.05) is 36.4 Å². The number of benzene rings is 1. The molecule has 0 aliphatic rings. The highest BCUT2D eigenvalue weighted by Crippen LogP contribution is 2.09. The van der Waals surface area contributed by atoms with Crippen LogP contribution >= 0.6 is 0 Å². The van der Waals surface area contributed by atoms with Gasteiger partial charge in [0.2, 0.25) is 0 Å². The summed E-state index contributed by atoms with van der Waals surface area (Å²) < 4.78 is 5.27. The van der Waals surface area contributed by atoms with Gasteiger partial charge in [0.05, 0.1) is 12.2 Å². The van der Waals surface area contributed by atoms with Crippen molar-refractivity contribution in [1.82, 2.24) is 0 Å². The smallest absolute Gasteiger partial charge is 0.338 e. The first-order chi connectivity index (χ1) is 12.3. The zero-order valence-electron chi connectivity index (χ0n) is 15.2. The van der Waals surface area contributed by atoms with Crippen LogP contribution in [-0.4, -0.2) is 12.6 Å². The number of rotatable bonds is 12. The summed E-state index contributed by atoms with van der Waals surface area (Å²) in [7, 11) is 0. The first kappa shape index (κ1) is 20.8. The van der Waals surface area contributed by atoms with Crippen molar-refractivity contribution in [3.63, 3.8) is 0 Å². The first-order valence-electron chi connectivity index (χ1n) is 9.31. The molecule has 0 unspecified atom stereocenters. The zero-order valence-corrected chi connectivity index (χ0v) is 15.2. The summed E-state index contributed by atoms with van der Waals surface area (Å²) in [5.41, 5.74) is 0.627. The van der Waals surface area contributed by atoms with E-state index in [-0.39, 0.29) is 5.97 Å². The van der Waals surface area contributed by atoms with Gasteiger partial charge in [0.1, 0.15) is 0 Å². The Morgan fingerprint density at radius 2 is 1.68 bits per heavy atom. The Morgan fingerprint density at radius 3 is 2.40 bits per heavy atom. The Bertz CT molecular complexity index is 561. The second kappa shape index (κ2) is 15.3. The van der Waals surface area contributed by atoms with Crippen molar-refractivity contribution in [3.8, 4) is 11.8 Å². The van der Waals surface area contributed by atoms with E-state index in [4.69, 9.17) is 4.74 Å². The lowest BCUT2D eigenvalue weighted by molar-refractivity contribution is 0.0497. The van der Waals surface area contributed by atoms with E-state index in [0.29, 0.717) is 12.2 Å². The van der Waals surface area contributed by atoms with Crippen LogP contribution in [0.2, 0.25) is 0 Å². The van der Waals surface area contributed by atoms with Gasteiger partial charge < -0.3 is 4.74 Å². The van der Waals surface area contributed by atoms with E-state index in [2.05, 4.69) is 18.4 Å². The fourth-order valence-corrected chi connectivity index (χ4v) is 2.38. The number of hydrogen-bond acceptors (Lipinski definition) is 2. The normalized spacial score (nSPS) is 10.2. The minimum Gasteiger partial charge on any atom is -0.462 e. The average Bonchev–Trinajstić information content (AvgIpc) is 2.65. The SMILES string of the molecule is C=CC/C=C/C#CCCCCCCCCCOC(=O)c1ccccc1. The molecular formula is C23H30O2. The number of ether oxygens (including phenoxy) is 1. The Kier molecular flexibility index (Phi) is 12.7. The zero-order chi connectivity index (χ0) is 18.0. The predicted octanol–water partition coefficient (Wildman–Crippen LogP) is 6.10. The first-order valence-corrected chi connectivity index (χ1v) is 9.31. The molecule has 0 fully saturated rings. The van der Waals surface area contributed by atoms with Crippen molar-refractivity contribution in [2.24, 2.45) is 0 Å². The molecule has 0 amide bonds. The van der Waals surface area contributed by atoms with Gasteiger partial charge >= 0.3 is 5.97 Å². The topological polar surface area (TPSA) is 26.3 Å². The largest absolute Gasteiger partial charge is 0.462 e. The van der Waals surface area contributed by atoms with Gasteiger partial charge in [-0.1, -0.05) is 74.3 Å². The number of unbranched alkanes of at least 4 members (excludes halogenated alkanes) is 7. The third-order valence-electron chi connectivity index (χ3n) is 3.79. The molecule has 0 aromatic heterocycles. The van der Waals surface area contributed by atoms with E-state index < -0.39 is 0 Å². The van der Waals surface area contributed by atoms with E-state index in [1.165, 1.54) is 32.1 Å². The lowest BCUT2D eigenvalue weighted by Crippen LogP contribution is -2.06. The van der Waals surface area contributed by atoms with E-state index in [0.717, 1.165) is 25.7 Å². The highest BCUT2D eigenvalue weighted by atomic mass is 16.5. The van der Waals surface area contributed by atoms with Crippen LogP contribution in [0.4, 0.5) is 0 Å². The van der Waals surface area contributed by atoms with Crippen molar-refractivity contribution in [2.45, 2.75) is 57.8 Å². The molecule has 2 heteroatoms. The fourth-order valence-electron chi connectivity index (χ4n) is 2.38. The molecular weight excluding hydrogens is 308 g/mol. The Labute approximate surface area is 153 Å². The lowest BCUT2D eigenvalue weighted by Gasteiger charge is -2.04. The number of carbonyl (C=O) groups excluding carboxylic acids is 1. The molecule has 0 saturated carbocycles. The third kappa shape index (κ3) is 11.8. The summed E-state index contributed by atoms with van der Waals surface area (Å²) in [6.45, 7) is 4.18. The molecule has 0 spiro atoms. The summed E-state index contributed by atoms with van der Waals surface area (Å²) >= 11 is 0. The lowest BCUT2D eigenvalue weighted by atomic mass is 10.1. The minimum absolute atomic E-state index is 0.221. The van der Waals surface area contributed by atoms with Crippen LogP contribution in [0.25, 0.3) is 0 Å². The van der Waals surface area contributed by atoms with Crippen LogP contribution in [0.3, 0.4) is 0 Å². The molecule has 25 heavy (non-hydrogen) atoms. The van der Waals surface area contributed by atoms with Gasteiger partial charge in [0.15, 0.2) is 0 Å². The van der Waals surface area contributed by atoms with Crippen LogP contribution in [0, 0.1) is 11.8 Å². The summed E-state index contributed by atoms with van der Waals surface area (Å²) in [6, 6.07) is 9.16. The number of hydrogen-bond donors (Lipinski definition) is 0. The van der Waals surface area contributed by atoms with Crippen molar-refractivity contribution in [3.05, 3.63) is 60.7 Å². The molecule has 1 aromatic rings. The van der Waals surface area contributed by atoms with Crippen LogP contribution in [0.1, 0.15) is 68.1 Å². The van der Waals surface area contributed by atoms with Crippen molar-refractivity contribution < 1.29 is 9.53 Å². The molecule has 0 aliphatic heterocycles. The van der Waals surface area contributed by atoms with E-state index in [9.17, 15) is 4.79 Å². The van der Waals surface area contributed by atoms with Crippen molar-refractivity contribution in [1.29, 1.82) is 0 Å². The van der Waals surface area contributed by atoms with Gasteiger partial charge in [0, 0.05) is 6.42 Å². The molecule has 0 saturated heterocycles. The molecule has 134 valence electrons. The monoisotopic (exact) mass is 338 g/mol. The van der Waals surface area contributed by atoms with Crippen molar-refractivity contribution >= 4 is 5.97 Å². The van der Waals surface area contributed by atoms with Gasteiger partial charge in [-0.3, -0.25) is 0 Å². The number of allylic oxidation sites excluding steroid dienone is 3. The summed E-state index contributed by atoms with van der Waals surface area (Å²) in [6.07, 6.45) is 15.9. The quantitative estimate of drug-likeness (QED) is 0.199. The standard InChI is InChI=1S/C23H30O2/c1-2-3-4-5-6-7-8-9-10-11-12-13-14-18-21-25-23(24)22-19-16-15-17-20-22/h2,4-5,15-17,19-20H,1,3,8-14,18,21H2/b5-4+. The maximum Gasteiger partial charge on any atom is 0.338 e. The summed E-state index contributed by atoms with van der Waals surface area (Å²) in [4.78, 5) is 11.7. The average molecular weight is 338 g/mol. The number of carbonyl (C=O) groups is 1. The van der Waals surface area contributed by atoms with E-state index >= 15 is 0 Å². The molecule has 1 rings (SSSR count). The molecule has 0 radical (unpaired) electrons. The Balaban J connectivity index is 1.87. The molecule has 0 heterocycles. The van der Waals surface area contributed by atoms with Gasteiger partial charge in [-0.15, -0.1) is 6.58 Å². The van der Waals surface area contributed by atoms with Crippen LogP contribution in [0.5, 0.6) is 0 Å². The second-order valence-corrected chi connectivity index (χ2v) is 5.97. The van der Waals surface area contributed by atoms with Crippen LogP contribution in [-0.2, 0) is 4.74 Å². The second-order valence-electron chi connectivity index (χ2n) is 5.97. The maximum absolute atomic E-state index is 11.7. The molecule has 0 atom stereocenters. The number of esters is 1. The van der Waals surface area contributed by atoms with Crippen LogP contribution < -0.4 is 0 Å². The maximum atomic E-state index is 11.7. The Hall–Kier alpha value is -2.27. The fraction of sp³-hybridized carbons (Fsp3) is 0.435. The Morgan fingerprint density at radius 1 is 1.00 bits per heavy atom. The van der Waals surface area contributed by atoms with Gasteiger partial charge in [-0.25, -0.2) is 4.79 Å². The minimum atomic E-state index is -0.221. The molecule has 2 nitrogen and oxygen atoms in total. The van der Waals surface area contributed by atoms with Gasteiger partial charge in [-0.05, 0) is 37.5 Å². The van der Waals surface area contributed by atoms with Crippen LogP contribution in [0.15, 0.2) is 55.1 Å². The summed E-state index contributed by atoms with van der Waals surface area (Å²) in [5, 5.41) is 0. The summed E-state index contributed by atoms with van der Waals surface area (Å²) in [5.74, 6) is 5.99. The van der Waals surface area contributed by atoms with E-state index in [1.54, 1.807) is 12.1 Å².